The third kappa shape index (κ3) is 2.66. The van der Waals surface area contributed by atoms with E-state index in [1.54, 1.807) is 0 Å². The topological polar surface area (TPSA) is 24.9 Å². The molecule has 2 aromatic rings. The lowest BCUT2D eigenvalue weighted by atomic mass is 10.1. The Morgan fingerprint density at radius 2 is 2.11 bits per heavy atom. The molecule has 0 unspecified atom stereocenters. The fourth-order valence-corrected chi connectivity index (χ4v) is 2.81. The average Bonchev–Trinajstić information content (AvgIpc) is 3.20. The lowest BCUT2D eigenvalue weighted by molar-refractivity contribution is 0.687. The number of fused-ring (bicyclic) bond motifs is 1. The molecule has 3 rings (SSSR count). The van der Waals surface area contributed by atoms with Gasteiger partial charge in [0.25, 0.3) is 0 Å². The Hall–Kier alpha value is -1.09. The highest BCUT2D eigenvalue weighted by atomic mass is 79.9. The number of benzene rings is 1. The zero-order valence-corrected chi connectivity index (χ0v) is 11.9. The number of nitrogens with zero attached hydrogens (tertiary/aromatic N) is 1. The van der Waals surface area contributed by atoms with Gasteiger partial charge >= 0.3 is 0 Å². The molecule has 0 amide bonds. The molecule has 1 saturated carbocycles. The summed E-state index contributed by atoms with van der Waals surface area (Å²) in [5.74, 6) is 2.02. The first-order valence-electron chi connectivity index (χ1n) is 6.62. The van der Waals surface area contributed by atoms with Gasteiger partial charge in [-0.15, -0.1) is 0 Å². The minimum atomic E-state index is 1.00. The van der Waals surface area contributed by atoms with Crippen LogP contribution in [-0.2, 0) is 0 Å². The SMILES string of the molecule is Brc1cccc2c(NCCCC3CC3)nccc12. The molecule has 0 saturated heterocycles. The number of aromatic nitrogens is 1. The predicted octanol–water partition coefficient (Wildman–Crippen LogP) is 4.60. The van der Waals surface area contributed by atoms with Crippen molar-refractivity contribution < 1.29 is 0 Å². The molecule has 2 nitrogen and oxygen atoms in total. The Morgan fingerprint density at radius 3 is 2.94 bits per heavy atom. The van der Waals surface area contributed by atoms with Crippen LogP contribution in [0.1, 0.15) is 25.7 Å². The molecular formula is C15H17BrN2. The summed E-state index contributed by atoms with van der Waals surface area (Å²) in [5.41, 5.74) is 0. The van der Waals surface area contributed by atoms with Crippen molar-refractivity contribution >= 4 is 32.5 Å². The van der Waals surface area contributed by atoms with Gasteiger partial charge in [0.2, 0.25) is 0 Å². The number of hydrogen-bond acceptors (Lipinski definition) is 2. The molecule has 0 atom stereocenters. The van der Waals surface area contributed by atoms with Crippen molar-refractivity contribution in [2.24, 2.45) is 5.92 Å². The van der Waals surface area contributed by atoms with E-state index in [4.69, 9.17) is 0 Å². The van der Waals surface area contributed by atoms with Gasteiger partial charge < -0.3 is 5.32 Å². The Balaban J connectivity index is 1.72. The Bertz CT molecular complexity index is 549. The molecular weight excluding hydrogens is 288 g/mol. The zero-order valence-electron chi connectivity index (χ0n) is 10.3. The lowest BCUT2D eigenvalue weighted by Crippen LogP contribution is -2.04. The second-order valence-electron chi connectivity index (χ2n) is 5.01. The van der Waals surface area contributed by atoms with Crippen LogP contribution in [0.15, 0.2) is 34.9 Å². The normalized spacial score (nSPS) is 14.9. The van der Waals surface area contributed by atoms with E-state index in [9.17, 15) is 0 Å². The standard InChI is InChI=1S/C15H17BrN2/c16-14-5-1-4-13-12(14)8-10-18-15(13)17-9-2-3-11-6-7-11/h1,4-5,8,10-11H,2-3,6-7,9H2,(H,17,18). The van der Waals surface area contributed by atoms with Crippen LogP contribution < -0.4 is 5.32 Å². The largest absolute Gasteiger partial charge is 0.370 e. The van der Waals surface area contributed by atoms with E-state index in [1.807, 2.05) is 6.20 Å². The van der Waals surface area contributed by atoms with Gasteiger partial charge in [-0.3, -0.25) is 0 Å². The molecule has 0 aliphatic heterocycles. The fraction of sp³-hybridized carbons (Fsp3) is 0.400. The van der Waals surface area contributed by atoms with E-state index in [0.717, 1.165) is 22.8 Å². The van der Waals surface area contributed by atoms with Gasteiger partial charge in [0.1, 0.15) is 5.82 Å². The highest BCUT2D eigenvalue weighted by Crippen LogP contribution is 2.33. The van der Waals surface area contributed by atoms with Crippen LogP contribution >= 0.6 is 15.9 Å². The van der Waals surface area contributed by atoms with Crippen molar-refractivity contribution in [3.05, 3.63) is 34.9 Å². The van der Waals surface area contributed by atoms with Crippen molar-refractivity contribution in [3.63, 3.8) is 0 Å². The second kappa shape index (κ2) is 5.27. The molecule has 3 heteroatoms. The molecule has 0 radical (unpaired) electrons. The van der Waals surface area contributed by atoms with Crippen LogP contribution in [0.3, 0.4) is 0 Å². The van der Waals surface area contributed by atoms with Crippen LogP contribution in [-0.4, -0.2) is 11.5 Å². The lowest BCUT2D eigenvalue weighted by Gasteiger charge is -2.09. The van der Waals surface area contributed by atoms with Crippen molar-refractivity contribution in [2.45, 2.75) is 25.7 Å². The number of hydrogen-bond donors (Lipinski definition) is 1. The van der Waals surface area contributed by atoms with Gasteiger partial charge in [-0.2, -0.15) is 0 Å². The molecule has 1 N–H and O–H groups in total. The van der Waals surface area contributed by atoms with Crippen molar-refractivity contribution in [1.29, 1.82) is 0 Å². The van der Waals surface area contributed by atoms with Crippen LogP contribution in [0.25, 0.3) is 10.8 Å². The number of pyridine rings is 1. The van der Waals surface area contributed by atoms with Gasteiger partial charge in [0.15, 0.2) is 0 Å². The maximum atomic E-state index is 4.45. The summed E-state index contributed by atoms with van der Waals surface area (Å²) in [7, 11) is 0. The summed E-state index contributed by atoms with van der Waals surface area (Å²) in [6.07, 6.45) is 7.37. The van der Waals surface area contributed by atoms with Gasteiger partial charge in [-0.25, -0.2) is 4.98 Å². The van der Waals surface area contributed by atoms with E-state index in [1.165, 1.54) is 36.5 Å². The van der Waals surface area contributed by atoms with E-state index >= 15 is 0 Å². The Kier molecular flexibility index (Phi) is 3.50. The van der Waals surface area contributed by atoms with Crippen LogP contribution in [0.2, 0.25) is 0 Å². The van der Waals surface area contributed by atoms with Crippen LogP contribution in [0, 0.1) is 5.92 Å². The fourth-order valence-electron chi connectivity index (χ4n) is 2.31. The predicted molar refractivity (Wildman–Crippen MR) is 79.9 cm³/mol. The van der Waals surface area contributed by atoms with E-state index in [2.05, 4.69) is 50.5 Å². The Morgan fingerprint density at radius 1 is 1.22 bits per heavy atom. The van der Waals surface area contributed by atoms with Gasteiger partial charge in [0.05, 0.1) is 0 Å². The molecule has 1 fully saturated rings. The summed E-state index contributed by atoms with van der Waals surface area (Å²) in [6, 6.07) is 8.30. The van der Waals surface area contributed by atoms with Crippen molar-refractivity contribution in [2.75, 3.05) is 11.9 Å². The number of nitrogens with one attached hydrogen (secondary N) is 1. The first-order chi connectivity index (χ1) is 8.84. The number of anilines is 1. The smallest absolute Gasteiger partial charge is 0.133 e. The molecule has 0 spiro atoms. The van der Waals surface area contributed by atoms with Crippen molar-refractivity contribution in [1.82, 2.24) is 4.98 Å². The Labute approximate surface area is 116 Å². The third-order valence-electron chi connectivity index (χ3n) is 3.53. The second-order valence-corrected chi connectivity index (χ2v) is 5.86. The first kappa shape index (κ1) is 12.0. The zero-order chi connectivity index (χ0) is 12.4. The first-order valence-corrected chi connectivity index (χ1v) is 7.41. The maximum absolute atomic E-state index is 4.45. The van der Waals surface area contributed by atoms with Crippen LogP contribution in [0.4, 0.5) is 5.82 Å². The summed E-state index contributed by atoms with van der Waals surface area (Å²) >= 11 is 3.58. The molecule has 0 bridgehead atoms. The van der Waals surface area contributed by atoms with Gasteiger partial charge in [-0.05, 0) is 30.9 Å². The van der Waals surface area contributed by atoms with Crippen molar-refractivity contribution in [3.8, 4) is 0 Å². The average molecular weight is 305 g/mol. The molecule has 1 aromatic heterocycles. The minimum Gasteiger partial charge on any atom is -0.370 e. The number of halogens is 1. The van der Waals surface area contributed by atoms with E-state index < -0.39 is 0 Å². The third-order valence-corrected chi connectivity index (χ3v) is 4.22. The monoisotopic (exact) mass is 304 g/mol. The summed E-state index contributed by atoms with van der Waals surface area (Å²) < 4.78 is 1.13. The van der Waals surface area contributed by atoms with E-state index in [-0.39, 0.29) is 0 Å². The molecule has 94 valence electrons. The number of rotatable bonds is 5. The summed E-state index contributed by atoms with van der Waals surface area (Å²) in [4.78, 5) is 4.45. The maximum Gasteiger partial charge on any atom is 0.133 e. The highest BCUT2D eigenvalue weighted by Gasteiger charge is 2.19. The highest BCUT2D eigenvalue weighted by molar-refractivity contribution is 9.10. The van der Waals surface area contributed by atoms with Gasteiger partial charge in [-0.1, -0.05) is 40.9 Å². The summed E-state index contributed by atoms with van der Waals surface area (Å²) in [5, 5.41) is 5.88. The molecule has 1 aliphatic rings. The van der Waals surface area contributed by atoms with Gasteiger partial charge in [0, 0.05) is 28.0 Å². The summed E-state index contributed by atoms with van der Waals surface area (Å²) in [6.45, 7) is 1.02. The quantitative estimate of drug-likeness (QED) is 0.817. The molecule has 1 aromatic carbocycles. The molecule has 1 aliphatic carbocycles. The van der Waals surface area contributed by atoms with E-state index in [0.29, 0.717) is 0 Å². The molecule has 1 heterocycles. The van der Waals surface area contributed by atoms with Crippen LogP contribution in [0.5, 0.6) is 0 Å². The molecule has 18 heavy (non-hydrogen) atoms. The minimum absolute atomic E-state index is 1.00.